The second kappa shape index (κ2) is 6.67. The normalized spacial score (nSPS) is 18.6. The molecule has 1 aromatic heterocycles. The predicted octanol–water partition coefficient (Wildman–Crippen LogP) is 0.369. The minimum atomic E-state index is 0. The summed E-state index contributed by atoms with van der Waals surface area (Å²) < 4.78 is 3.75. The monoisotopic (exact) mass is 340 g/mol. The van der Waals surface area contributed by atoms with Crippen molar-refractivity contribution in [1.29, 1.82) is 0 Å². The van der Waals surface area contributed by atoms with E-state index < -0.39 is 0 Å². The third kappa shape index (κ3) is 3.15. The first-order valence-corrected chi connectivity index (χ1v) is 7.39. The summed E-state index contributed by atoms with van der Waals surface area (Å²) in [4.78, 5) is 12.4. The SMILES string of the molecule is Cc1n(C(=O)C2C(C)(C)C2(C)C)cc[n+]1C.ClCCl.[Cl-]. The first-order chi connectivity index (χ1) is 8.62. The Bertz CT molecular complexity index is 467. The molecule has 0 N–H and O–H groups in total. The van der Waals surface area contributed by atoms with Crippen molar-refractivity contribution in [3.05, 3.63) is 18.2 Å². The standard InChI is InChI=1S/C13H21N2O.CH2Cl2.ClH/c1-9-14(6)7-8-15(9)11(16)10-12(2,3)13(10,4)5;2-1-3;/h7-8,10H,1-6H3;1H2;1H/q+1;;/p-1. The molecule has 1 heterocycles. The lowest BCUT2D eigenvalue weighted by molar-refractivity contribution is -0.676. The van der Waals surface area contributed by atoms with E-state index in [-0.39, 0.29) is 40.4 Å². The van der Waals surface area contributed by atoms with Crippen molar-refractivity contribution >= 4 is 29.1 Å². The molecule has 0 unspecified atom stereocenters. The Balaban J connectivity index is 0.000000830. The molecular weight excluding hydrogens is 319 g/mol. The molecule has 116 valence electrons. The summed E-state index contributed by atoms with van der Waals surface area (Å²) in [5.74, 6) is 1.35. The van der Waals surface area contributed by atoms with E-state index in [1.165, 1.54) is 0 Å². The van der Waals surface area contributed by atoms with Gasteiger partial charge in [0.05, 0.1) is 18.3 Å². The van der Waals surface area contributed by atoms with Crippen molar-refractivity contribution in [1.82, 2.24) is 4.57 Å². The Morgan fingerprint density at radius 1 is 1.30 bits per heavy atom. The van der Waals surface area contributed by atoms with Crippen LogP contribution < -0.4 is 17.0 Å². The zero-order valence-corrected chi connectivity index (χ0v) is 15.1. The van der Waals surface area contributed by atoms with Gasteiger partial charge < -0.3 is 12.4 Å². The molecule has 1 aromatic rings. The number of hydrogen-bond donors (Lipinski definition) is 0. The van der Waals surface area contributed by atoms with E-state index in [0.717, 1.165) is 5.82 Å². The highest BCUT2D eigenvalue weighted by atomic mass is 35.5. The molecule has 1 saturated carbocycles. The Hall–Kier alpha value is -0.250. The third-order valence-electron chi connectivity index (χ3n) is 4.80. The quantitative estimate of drug-likeness (QED) is 0.535. The number of halogens is 3. The summed E-state index contributed by atoms with van der Waals surface area (Å²) in [5, 5.41) is 0.194. The van der Waals surface area contributed by atoms with Crippen molar-refractivity contribution in [3.8, 4) is 0 Å². The van der Waals surface area contributed by atoms with E-state index in [4.69, 9.17) is 23.2 Å². The fraction of sp³-hybridized carbons (Fsp3) is 0.714. The first kappa shape index (κ1) is 19.8. The predicted molar refractivity (Wildman–Crippen MR) is 78.6 cm³/mol. The van der Waals surface area contributed by atoms with Crippen molar-refractivity contribution in [2.45, 2.75) is 34.6 Å². The van der Waals surface area contributed by atoms with Crippen LogP contribution in [0.3, 0.4) is 0 Å². The van der Waals surface area contributed by atoms with E-state index in [1.54, 1.807) is 4.57 Å². The molecule has 1 fully saturated rings. The fourth-order valence-corrected chi connectivity index (χ4v) is 2.74. The second-order valence-electron chi connectivity index (χ2n) is 6.14. The Morgan fingerprint density at radius 2 is 1.70 bits per heavy atom. The molecule has 20 heavy (non-hydrogen) atoms. The smallest absolute Gasteiger partial charge is 0.318 e. The number of nitrogens with zero attached hydrogens (tertiary/aromatic N) is 2. The summed E-state index contributed by atoms with van der Waals surface area (Å²) in [6, 6.07) is 0. The van der Waals surface area contributed by atoms with Crippen LogP contribution >= 0.6 is 23.2 Å². The van der Waals surface area contributed by atoms with Crippen LogP contribution in [0.1, 0.15) is 38.3 Å². The number of carbonyl (C=O) groups excluding carboxylic acids is 1. The molecule has 3 nitrogen and oxygen atoms in total. The van der Waals surface area contributed by atoms with Gasteiger partial charge in [-0.3, -0.25) is 0 Å². The van der Waals surface area contributed by atoms with Crippen LogP contribution in [0.4, 0.5) is 0 Å². The molecule has 1 aliphatic rings. The van der Waals surface area contributed by atoms with Gasteiger partial charge in [0.15, 0.2) is 0 Å². The highest BCUT2D eigenvalue weighted by molar-refractivity contribution is 6.40. The molecular formula is C14H23Cl3N2O. The lowest BCUT2D eigenvalue weighted by Gasteiger charge is -2.03. The van der Waals surface area contributed by atoms with Crippen molar-refractivity contribution < 1.29 is 21.8 Å². The molecule has 0 aromatic carbocycles. The molecule has 2 rings (SSSR count). The van der Waals surface area contributed by atoms with Gasteiger partial charge in [-0.2, -0.15) is 4.57 Å². The lowest BCUT2D eigenvalue weighted by Crippen LogP contribution is -3.00. The average molecular weight is 342 g/mol. The zero-order chi connectivity index (χ0) is 15.0. The van der Waals surface area contributed by atoms with Crippen LogP contribution in [0, 0.1) is 23.7 Å². The van der Waals surface area contributed by atoms with Crippen LogP contribution in [-0.2, 0) is 7.05 Å². The van der Waals surface area contributed by atoms with E-state index in [2.05, 4.69) is 27.7 Å². The van der Waals surface area contributed by atoms with E-state index in [0.29, 0.717) is 0 Å². The Kier molecular flexibility index (Phi) is 6.59. The molecule has 0 saturated heterocycles. The number of hydrogen-bond acceptors (Lipinski definition) is 1. The number of imidazole rings is 1. The van der Waals surface area contributed by atoms with Crippen molar-refractivity contribution in [3.63, 3.8) is 0 Å². The van der Waals surface area contributed by atoms with Gasteiger partial charge in [-0.05, 0) is 10.8 Å². The molecule has 6 heteroatoms. The summed E-state index contributed by atoms with van der Waals surface area (Å²) in [6.07, 6.45) is 3.79. The Morgan fingerprint density at radius 3 is 1.95 bits per heavy atom. The summed E-state index contributed by atoms with van der Waals surface area (Å²) in [6.45, 7) is 10.7. The largest absolute Gasteiger partial charge is 1.00 e. The summed E-state index contributed by atoms with van der Waals surface area (Å²) in [5.41, 5.74) is 0.221. The minimum absolute atomic E-state index is 0. The van der Waals surface area contributed by atoms with E-state index >= 15 is 0 Å². The molecule has 1 aliphatic carbocycles. The third-order valence-corrected chi connectivity index (χ3v) is 4.80. The maximum Gasteiger partial charge on any atom is 0.318 e. The van der Waals surface area contributed by atoms with Crippen LogP contribution in [-0.4, -0.2) is 15.8 Å². The van der Waals surface area contributed by atoms with Crippen molar-refractivity contribution in [2.24, 2.45) is 23.8 Å². The average Bonchev–Trinajstić information content (AvgIpc) is 2.53. The highest BCUT2D eigenvalue weighted by Gasteiger charge is 2.70. The lowest BCUT2D eigenvalue weighted by atomic mass is 10.0. The van der Waals surface area contributed by atoms with E-state index in [1.807, 2.05) is 30.9 Å². The second-order valence-corrected chi connectivity index (χ2v) is 6.95. The number of alkyl halides is 2. The fourth-order valence-electron chi connectivity index (χ4n) is 2.74. The van der Waals surface area contributed by atoms with Crippen molar-refractivity contribution in [2.75, 3.05) is 5.34 Å². The van der Waals surface area contributed by atoms with Crippen LogP contribution in [0.15, 0.2) is 12.4 Å². The van der Waals surface area contributed by atoms with Crippen LogP contribution in [0.25, 0.3) is 0 Å². The highest BCUT2D eigenvalue weighted by Crippen LogP contribution is 2.68. The van der Waals surface area contributed by atoms with Gasteiger partial charge in [-0.15, -0.1) is 23.2 Å². The van der Waals surface area contributed by atoms with Gasteiger partial charge >= 0.3 is 5.91 Å². The summed E-state index contributed by atoms with van der Waals surface area (Å²) >= 11 is 9.53. The first-order valence-electron chi connectivity index (χ1n) is 6.32. The number of rotatable bonds is 1. The molecule has 0 amide bonds. The maximum absolute atomic E-state index is 12.4. The zero-order valence-electron chi connectivity index (χ0n) is 12.9. The van der Waals surface area contributed by atoms with E-state index in [9.17, 15) is 4.79 Å². The number of aromatic nitrogens is 2. The topological polar surface area (TPSA) is 25.9 Å². The van der Waals surface area contributed by atoms with Gasteiger partial charge in [-0.1, -0.05) is 27.7 Å². The minimum Gasteiger partial charge on any atom is -1.00 e. The molecule has 0 spiro atoms. The summed E-state index contributed by atoms with van der Waals surface area (Å²) in [7, 11) is 1.96. The molecule has 0 aliphatic heterocycles. The maximum atomic E-state index is 12.4. The van der Waals surface area contributed by atoms with Gasteiger partial charge in [0.25, 0.3) is 5.82 Å². The van der Waals surface area contributed by atoms with Gasteiger partial charge in [0.1, 0.15) is 12.4 Å². The van der Waals surface area contributed by atoms with Crippen LogP contribution in [0.2, 0.25) is 0 Å². The van der Waals surface area contributed by atoms with Gasteiger partial charge in [0.2, 0.25) is 0 Å². The Labute approximate surface area is 137 Å². The van der Waals surface area contributed by atoms with Crippen LogP contribution in [0.5, 0.6) is 0 Å². The van der Waals surface area contributed by atoms with Gasteiger partial charge in [0, 0.05) is 6.92 Å². The van der Waals surface area contributed by atoms with Gasteiger partial charge in [-0.25, -0.2) is 9.36 Å². The number of aryl methyl sites for hydroxylation is 1. The molecule has 0 bridgehead atoms. The molecule has 0 atom stereocenters. The number of carbonyl (C=O) groups is 1. The molecule has 0 radical (unpaired) electrons.